The first kappa shape index (κ1) is 17.4. The summed E-state index contributed by atoms with van der Waals surface area (Å²) in [5.41, 5.74) is 3.30. The van der Waals surface area contributed by atoms with Crippen LogP contribution in [0.1, 0.15) is 29.5 Å². The maximum Gasteiger partial charge on any atom is 0.124 e. The molecule has 0 radical (unpaired) electrons. The van der Waals surface area contributed by atoms with E-state index in [9.17, 15) is 9.50 Å². The minimum atomic E-state index is -0.406. The highest BCUT2D eigenvalue weighted by Crippen LogP contribution is 2.18. The summed E-state index contributed by atoms with van der Waals surface area (Å²) in [5, 5.41) is 21.8. The second-order valence-electron chi connectivity index (χ2n) is 6.48. The van der Waals surface area contributed by atoms with Crippen LogP contribution in [-0.2, 0) is 13.1 Å². The lowest BCUT2D eigenvalue weighted by molar-refractivity contribution is 0.0792. The monoisotopic (exact) mass is 339 g/mol. The number of anilines is 1. The van der Waals surface area contributed by atoms with Gasteiger partial charge in [0.2, 0.25) is 0 Å². The van der Waals surface area contributed by atoms with Crippen LogP contribution < -0.4 is 5.32 Å². The number of aliphatic hydroxyl groups is 1. The fraction of sp³-hybridized carbons (Fsp3) is 0.350. The molecule has 0 spiro atoms. The maximum atomic E-state index is 13.2. The molecule has 1 heterocycles. The van der Waals surface area contributed by atoms with Crippen molar-refractivity contribution in [3.63, 3.8) is 0 Å². The maximum absolute atomic E-state index is 13.2. The van der Waals surface area contributed by atoms with Gasteiger partial charge in [-0.25, -0.2) is 4.39 Å². The van der Waals surface area contributed by atoms with Crippen LogP contribution in [0.25, 0.3) is 0 Å². The number of nitrogens with one attached hydrogen (secondary N) is 1. The Hall–Kier alpha value is -2.42. The topological polar surface area (TPSA) is 59.3 Å². The van der Waals surface area contributed by atoms with Crippen molar-refractivity contribution in [2.75, 3.05) is 18.4 Å². The molecule has 0 amide bonds. The van der Waals surface area contributed by atoms with E-state index < -0.39 is 5.82 Å². The summed E-state index contributed by atoms with van der Waals surface area (Å²) >= 11 is 0. The molecule has 1 fully saturated rings. The standard InChI is InChI=1S/C20H22FN3O/c21-18-5-6-20(17(11-18)12-22)23-13-15-1-3-16(4-2-15)14-24-9-7-19(25)8-10-24/h1-6,11,19,23,25H,7-10,13-14H2. The van der Waals surface area contributed by atoms with Crippen molar-refractivity contribution in [1.29, 1.82) is 5.26 Å². The predicted molar refractivity (Wildman–Crippen MR) is 95.4 cm³/mol. The number of likely N-dealkylation sites (tertiary alicyclic amines) is 1. The molecular weight excluding hydrogens is 317 g/mol. The average molecular weight is 339 g/mol. The van der Waals surface area contributed by atoms with E-state index in [1.54, 1.807) is 6.07 Å². The third-order valence-electron chi connectivity index (χ3n) is 4.57. The number of piperidine rings is 1. The van der Waals surface area contributed by atoms with Gasteiger partial charge in [0.15, 0.2) is 0 Å². The van der Waals surface area contributed by atoms with Crippen LogP contribution in [0.2, 0.25) is 0 Å². The first-order valence-electron chi connectivity index (χ1n) is 8.56. The minimum absolute atomic E-state index is 0.144. The molecule has 3 rings (SSSR count). The smallest absolute Gasteiger partial charge is 0.124 e. The normalized spacial score (nSPS) is 15.7. The minimum Gasteiger partial charge on any atom is -0.393 e. The summed E-state index contributed by atoms with van der Waals surface area (Å²) in [5.74, 6) is -0.406. The van der Waals surface area contributed by atoms with E-state index >= 15 is 0 Å². The fourth-order valence-electron chi connectivity index (χ4n) is 3.06. The Labute approximate surface area is 147 Å². The quantitative estimate of drug-likeness (QED) is 0.878. The molecule has 0 bridgehead atoms. The summed E-state index contributed by atoms with van der Waals surface area (Å²) in [4.78, 5) is 2.36. The lowest BCUT2D eigenvalue weighted by Crippen LogP contribution is -2.35. The summed E-state index contributed by atoms with van der Waals surface area (Å²) in [7, 11) is 0. The molecule has 25 heavy (non-hydrogen) atoms. The van der Waals surface area contributed by atoms with Crippen LogP contribution >= 0.6 is 0 Å². The lowest BCUT2D eigenvalue weighted by atomic mass is 10.1. The van der Waals surface area contributed by atoms with Gasteiger partial charge in [0.1, 0.15) is 11.9 Å². The van der Waals surface area contributed by atoms with Gasteiger partial charge in [0.25, 0.3) is 0 Å². The predicted octanol–water partition coefficient (Wildman–Crippen LogP) is 3.27. The Morgan fingerprint density at radius 2 is 1.80 bits per heavy atom. The number of benzene rings is 2. The number of nitriles is 1. The van der Waals surface area contributed by atoms with E-state index in [-0.39, 0.29) is 6.10 Å². The van der Waals surface area contributed by atoms with E-state index in [0.717, 1.165) is 38.0 Å². The molecule has 2 aromatic carbocycles. The molecule has 2 N–H and O–H groups in total. The van der Waals surface area contributed by atoms with Crippen LogP contribution in [0.4, 0.5) is 10.1 Å². The average Bonchev–Trinajstić information content (AvgIpc) is 2.63. The van der Waals surface area contributed by atoms with Crippen molar-refractivity contribution < 1.29 is 9.50 Å². The van der Waals surface area contributed by atoms with Gasteiger partial charge in [-0.3, -0.25) is 4.90 Å². The van der Waals surface area contributed by atoms with Crippen LogP contribution in [0.5, 0.6) is 0 Å². The first-order valence-corrected chi connectivity index (χ1v) is 8.56. The number of hydrogen-bond acceptors (Lipinski definition) is 4. The Morgan fingerprint density at radius 3 is 2.48 bits per heavy atom. The van der Waals surface area contributed by atoms with E-state index in [1.165, 1.54) is 17.7 Å². The van der Waals surface area contributed by atoms with Crippen LogP contribution in [-0.4, -0.2) is 29.2 Å². The van der Waals surface area contributed by atoms with E-state index in [1.807, 2.05) is 6.07 Å². The molecule has 0 unspecified atom stereocenters. The van der Waals surface area contributed by atoms with Gasteiger partial charge in [-0.05, 0) is 42.2 Å². The molecule has 2 aromatic rings. The molecule has 1 aliphatic rings. The number of hydrogen-bond donors (Lipinski definition) is 2. The van der Waals surface area contributed by atoms with Gasteiger partial charge in [0, 0.05) is 26.2 Å². The lowest BCUT2D eigenvalue weighted by Gasteiger charge is -2.29. The van der Waals surface area contributed by atoms with Crippen molar-refractivity contribution in [2.45, 2.75) is 32.0 Å². The van der Waals surface area contributed by atoms with Crippen molar-refractivity contribution in [3.8, 4) is 6.07 Å². The second kappa shape index (κ2) is 8.11. The molecule has 0 saturated carbocycles. The molecule has 1 saturated heterocycles. The molecule has 130 valence electrons. The fourth-order valence-corrected chi connectivity index (χ4v) is 3.06. The molecule has 0 aliphatic carbocycles. The van der Waals surface area contributed by atoms with Gasteiger partial charge in [-0.2, -0.15) is 5.26 Å². The van der Waals surface area contributed by atoms with E-state index in [2.05, 4.69) is 34.5 Å². The number of halogens is 1. The second-order valence-corrected chi connectivity index (χ2v) is 6.48. The zero-order chi connectivity index (χ0) is 17.6. The largest absolute Gasteiger partial charge is 0.393 e. The van der Waals surface area contributed by atoms with Gasteiger partial charge < -0.3 is 10.4 Å². The molecule has 4 nitrogen and oxygen atoms in total. The summed E-state index contributed by atoms with van der Waals surface area (Å²) in [6.45, 7) is 3.35. The number of aliphatic hydroxyl groups excluding tert-OH is 1. The molecule has 0 aromatic heterocycles. The summed E-state index contributed by atoms with van der Waals surface area (Å²) in [6.07, 6.45) is 1.55. The zero-order valence-corrected chi connectivity index (χ0v) is 14.1. The summed E-state index contributed by atoms with van der Waals surface area (Å²) < 4.78 is 13.2. The van der Waals surface area contributed by atoms with Crippen molar-refractivity contribution >= 4 is 5.69 Å². The van der Waals surface area contributed by atoms with Gasteiger partial charge in [-0.1, -0.05) is 24.3 Å². The van der Waals surface area contributed by atoms with Crippen molar-refractivity contribution in [1.82, 2.24) is 4.90 Å². The Bertz CT molecular complexity index is 747. The highest BCUT2D eigenvalue weighted by Gasteiger charge is 2.16. The molecule has 1 aliphatic heterocycles. The van der Waals surface area contributed by atoms with Gasteiger partial charge >= 0.3 is 0 Å². The van der Waals surface area contributed by atoms with Gasteiger partial charge in [0.05, 0.1) is 17.4 Å². The zero-order valence-electron chi connectivity index (χ0n) is 14.1. The number of nitrogens with zero attached hydrogens (tertiary/aromatic N) is 2. The number of rotatable bonds is 5. The van der Waals surface area contributed by atoms with E-state index in [4.69, 9.17) is 5.26 Å². The molecular formula is C20H22FN3O. The van der Waals surface area contributed by atoms with Crippen molar-refractivity contribution in [2.24, 2.45) is 0 Å². The Kier molecular flexibility index (Phi) is 5.64. The van der Waals surface area contributed by atoms with Crippen LogP contribution in [0.15, 0.2) is 42.5 Å². The SMILES string of the molecule is N#Cc1cc(F)ccc1NCc1ccc(CN2CCC(O)CC2)cc1. The van der Waals surface area contributed by atoms with Crippen LogP contribution in [0.3, 0.4) is 0 Å². The Balaban J connectivity index is 1.55. The van der Waals surface area contributed by atoms with Gasteiger partial charge in [-0.15, -0.1) is 0 Å². The highest BCUT2D eigenvalue weighted by atomic mass is 19.1. The molecule has 0 atom stereocenters. The Morgan fingerprint density at radius 1 is 1.12 bits per heavy atom. The molecule has 5 heteroatoms. The first-order chi connectivity index (χ1) is 12.1. The highest BCUT2D eigenvalue weighted by molar-refractivity contribution is 5.57. The van der Waals surface area contributed by atoms with Crippen LogP contribution in [0, 0.1) is 17.1 Å². The third-order valence-corrected chi connectivity index (χ3v) is 4.57. The van der Waals surface area contributed by atoms with Crippen molar-refractivity contribution in [3.05, 3.63) is 65.0 Å². The third kappa shape index (κ3) is 4.79. The van der Waals surface area contributed by atoms with E-state index in [0.29, 0.717) is 17.8 Å². The summed E-state index contributed by atoms with van der Waals surface area (Å²) in [6, 6.07) is 14.5.